The molecule has 0 saturated carbocycles. The zero-order valence-electron chi connectivity index (χ0n) is 18.2. The lowest BCUT2D eigenvalue weighted by Crippen LogP contribution is -2.24. The normalized spacial score (nSPS) is 11.2. The Bertz CT molecular complexity index is 1200. The number of tetrazole rings is 1. The molecule has 8 nitrogen and oxygen atoms in total. The van der Waals surface area contributed by atoms with Gasteiger partial charge in [0.05, 0.1) is 12.2 Å². The quantitative estimate of drug-likeness (QED) is 0.443. The summed E-state index contributed by atoms with van der Waals surface area (Å²) in [4.78, 5) is 17.4. The predicted octanol–water partition coefficient (Wildman–Crippen LogP) is 3.52. The van der Waals surface area contributed by atoms with E-state index in [1.807, 2.05) is 61.1 Å². The molecule has 0 atom stereocenters. The van der Waals surface area contributed by atoms with Gasteiger partial charge in [-0.3, -0.25) is 14.1 Å². The molecule has 0 amide bonds. The highest BCUT2D eigenvalue weighted by molar-refractivity contribution is 5.79. The summed E-state index contributed by atoms with van der Waals surface area (Å²) in [5.41, 5.74) is 5.88. The van der Waals surface area contributed by atoms with Crippen LogP contribution in [0.4, 0.5) is 0 Å². The monoisotopic (exact) mass is 417 g/mol. The minimum Gasteiger partial charge on any atom is -0.299 e. The van der Waals surface area contributed by atoms with Crippen molar-refractivity contribution in [3.05, 3.63) is 70.2 Å². The zero-order chi connectivity index (χ0) is 21.8. The number of pyridine rings is 1. The lowest BCUT2D eigenvalue weighted by Gasteiger charge is -2.10. The molecule has 1 aromatic carbocycles. The van der Waals surface area contributed by atoms with Crippen molar-refractivity contribution in [1.82, 2.24) is 34.7 Å². The molecule has 0 aliphatic heterocycles. The van der Waals surface area contributed by atoms with E-state index < -0.39 is 0 Å². The molecule has 0 saturated heterocycles. The molecule has 160 valence electrons. The van der Waals surface area contributed by atoms with Crippen LogP contribution in [0.1, 0.15) is 43.3 Å². The Morgan fingerprint density at radius 2 is 1.87 bits per heavy atom. The van der Waals surface area contributed by atoms with E-state index >= 15 is 0 Å². The first-order chi connectivity index (χ1) is 15.1. The van der Waals surface area contributed by atoms with E-state index in [0.29, 0.717) is 12.4 Å². The van der Waals surface area contributed by atoms with Crippen LogP contribution in [0, 0.1) is 6.92 Å². The zero-order valence-corrected chi connectivity index (χ0v) is 18.2. The lowest BCUT2D eigenvalue weighted by atomic mass is 10.0. The maximum Gasteiger partial charge on any atom is 0.328 e. The van der Waals surface area contributed by atoms with Crippen molar-refractivity contribution in [2.24, 2.45) is 7.05 Å². The van der Waals surface area contributed by atoms with Crippen LogP contribution in [0.2, 0.25) is 0 Å². The van der Waals surface area contributed by atoms with E-state index in [1.54, 1.807) is 4.57 Å². The van der Waals surface area contributed by atoms with Gasteiger partial charge in [-0.05, 0) is 41.8 Å². The van der Waals surface area contributed by atoms with Crippen molar-refractivity contribution >= 4 is 0 Å². The van der Waals surface area contributed by atoms with Gasteiger partial charge in [0.1, 0.15) is 0 Å². The molecule has 1 N–H and O–H groups in total. The van der Waals surface area contributed by atoms with Gasteiger partial charge < -0.3 is 0 Å². The van der Waals surface area contributed by atoms with E-state index in [0.717, 1.165) is 59.5 Å². The number of hydrogen-bond donors (Lipinski definition) is 1. The van der Waals surface area contributed by atoms with Gasteiger partial charge in [0.25, 0.3) is 0 Å². The van der Waals surface area contributed by atoms with Gasteiger partial charge in [-0.1, -0.05) is 50.1 Å². The third-order valence-electron chi connectivity index (χ3n) is 5.76. The molecular formula is C23H27N7O. The number of aromatic nitrogens is 7. The standard InChI is InChI=1S/C23H27N7O/c1-4-5-6-11-21-16(2)29(3)23(31)30(21)15-18-13-12-17(14-24-18)19-9-7-8-10-20(19)22-25-27-28-26-22/h7-10,12-14H,4-6,11,15H2,1-3H3,(H,25,26,27,28). The fraction of sp³-hybridized carbons (Fsp3) is 0.348. The summed E-state index contributed by atoms with van der Waals surface area (Å²) in [5.74, 6) is 0.614. The van der Waals surface area contributed by atoms with Crippen LogP contribution < -0.4 is 5.69 Å². The third kappa shape index (κ3) is 4.19. The van der Waals surface area contributed by atoms with Crippen molar-refractivity contribution in [3.8, 4) is 22.5 Å². The minimum absolute atomic E-state index is 0.0121. The Balaban J connectivity index is 1.61. The van der Waals surface area contributed by atoms with Crippen molar-refractivity contribution < 1.29 is 0 Å². The number of nitrogens with zero attached hydrogens (tertiary/aromatic N) is 6. The van der Waals surface area contributed by atoms with Crippen molar-refractivity contribution in [2.45, 2.75) is 46.1 Å². The number of imidazole rings is 1. The number of rotatable bonds is 8. The van der Waals surface area contributed by atoms with E-state index in [9.17, 15) is 4.79 Å². The van der Waals surface area contributed by atoms with Gasteiger partial charge in [0.15, 0.2) is 5.82 Å². The Labute approximate surface area is 181 Å². The van der Waals surface area contributed by atoms with Gasteiger partial charge in [-0.15, -0.1) is 5.10 Å². The Morgan fingerprint density at radius 3 is 2.55 bits per heavy atom. The third-order valence-corrected chi connectivity index (χ3v) is 5.76. The average molecular weight is 418 g/mol. The summed E-state index contributed by atoms with van der Waals surface area (Å²) in [7, 11) is 1.84. The van der Waals surface area contributed by atoms with Crippen molar-refractivity contribution in [2.75, 3.05) is 0 Å². The molecular weight excluding hydrogens is 390 g/mol. The predicted molar refractivity (Wildman–Crippen MR) is 120 cm³/mol. The van der Waals surface area contributed by atoms with Crippen molar-refractivity contribution in [1.29, 1.82) is 0 Å². The molecule has 4 rings (SSSR count). The number of aromatic amines is 1. The van der Waals surface area contributed by atoms with E-state index in [1.165, 1.54) is 0 Å². The lowest BCUT2D eigenvalue weighted by molar-refractivity contribution is 0.642. The average Bonchev–Trinajstić information content (AvgIpc) is 3.40. The molecule has 0 bridgehead atoms. The molecule has 0 spiro atoms. The topological polar surface area (TPSA) is 94.3 Å². The number of hydrogen-bond acceptors (Lipinski definition) is 5. The molecule has 0 aliphatic rings. The van der Waals surface area contributed by atoms with Crippen LogP contribution >= 0.6 is 0 Å². The first-order valence-electron chi connectivity index (χ1n) is 10.6. The number of unbranched alkanes of at least 4 members (excludes halogenated alkanes) is 2. The van der Waals surface area contributed by atoms with Crippen LogP contribution in [0.15, 0.2) is 47.4 Å². The summed E-state index contributed by atoms with van der Waals surface area (Å²) in [6, 6.07) is 11.9. The van der Waals surface area contributed by atoms with Crippen LogP contribution in [0.3, 0.4) is 0 Å². The molecule has 0 radical (unpaired) electrons. The largest absolute Gasteiger partial charge is 0.328 e. The molecule has 0 unspecified atom stereocenters. The molecule has 3 heterocycles. The fourth-order valence-electron chi connectivity index (χ4n) is 3.90. The van der Waals surface area contributed by atoms with Gasteiger partial charge in [0.2, 0.25) is 0 Å². The summed E-state index contributed by atoms with van der Waals surface area (Å²) in [5, 5.41) is 14.2. The van der Waals surface area contributed by atoms with Gasteiger partial charge in [-0.2, -0.15) is 0 Å². The molecule has 0 fully saturated rings. The smallest absolute Gasteiger partial charge is 0.299 e. The van der Waals surface area contributed by atoms with E-state index in [2.05, 4.69) is 32.5 Å². The first kappa shape index (κ1) is 20.7. The molecule has 31 heavy (non-hydrogen) atoms. The Kier molecular flexibility index (Phi) is 6.06. The highest BCUT2D eigenvalue weighted by Crippen LogP contribution is 2.29. The first-order valence-corrected chi connectivity index (χ1v) is 10.6. The van der Waals surface area contributed by atoms with Crippen LogP contribution in [0.5, 0.6) is 0 Å². The molecule has 8 heteroatoms. The molecule has 3 aromatic heterocycles. The van der Waals surface area contributed by atoms with Gasteiger partial charge in [-0.25, -0.2) is 9.89 Å². The second-order valence-corrected chi connectivity index (χ2v) is 7.75. The maximum absolute atomic E-state index is 12.8. The SMILES string of the molecule is CCCCCc1c(C)n(C)c(=O)n1Cc1ccc(-c2ccccc2-c2nnn[nH]2)cn1. The second-order valence-electron chi connectivity index (χ2n) is 7.75. The van der Waals surface area contributed by atoms with Gasteiger partial charge in [0, 0.05) is 35.8 Å². The van der Waals surface area contributed by atoms with E-state index in [4.69, 9.17) is 0 Å². The second kappa shape index (κ2) is 9.07. The number of nitrogens with one attached hydrogen (secondary N) is 1. The van der Waals surface area contributed by atoms with Crippen LogP contribution in [0.25, 0.3) is 22.5 Å². The summed E-state index contributed by atoms with van der Waals surface area (Å²) < 4.78 is 3.60. The van der Waals surface area contributed by atoms with Crippen LogP contribution in [-0.2, 0) is 20.0 Å². The number of H-pyrrole nitrogens is 1. The number of benzene rings is 1. The van der Waals surface area contributed by atoms with Crippen molar-refractivity contribution in [3.63, 3.8) is 0 Å². The summed E-state index contributed by atoms with van der Waals surface area (Å²) in [6.45, 7) is 4.67. The highest BCUT2D eigenvalue weighted by atomic mass is 16.1. The molecule has 4 aromatic rings. The van der Waals surface area contributed by atoms with E-state index in [-0.39, 0.29) is 5.69 Å². The fourth-order valence-corrected chi connectivity index (χ4v) is 3.90. The van der Waals surface area contributed by atoms with Gasteiger partial charge >= 0.3 is 5.69 Å². The Morgan fingerprint density at radius 1 is 1.06 bits per heavy atom. The summed E-state index contributed by atoms with van der Waals surface area (Å²) >= 11 is 0. The minimum atomic E-state index is 0.0121. The maximum atomic E-state index is 12.8. The Hall–Kier alpha value is -3.55. The van der Waals surface area contributed by atoms with Crippen LogP contribution in [-0.4, -0.2) is 34.7 Å². The molecule has 0 aliphatic carbocycles. The highest BCUT2D eigenvalue weighted by Gasteiger charge is 2.15. The summed E-state index contributed by atoms with van der Waals surface area (Å²) in [6.07, 6.45) is 6.16.